The highest BCUT2D eigenvalue weighted by Gasteiger charge is 2.23. The van der Waals surface area contributed by atoms with E-state index in [4.69, 9.17) is 18.9 Å². The lowest BCUT2D eigenvalue weighted by Crippen LogP contribution is -2.25. The number of halogens is 1. The molecule has 1 aliphatic heterocycles. The minimum Gasteiger partial charge on any atom is -0.496 e. The van der Waals surface area contributed by atoms with Gasteiger partial charge in [0.2, 0.25) is 0 Å². The summed E-state index contributed by atoms with van der Waals surface area (Å²) in [7, 11) is 4.93. The lowest BCUT2D eigenvalue weighted by molar-refractivity contribution is 0.217. The second-order valence-corrected chi connectivity index (χ2v) is 7.39. The first-order chi connectivity index (χ1) is 15.1. The SMILES string of the molecule is COc1cc(-c2c(OC)cccc2OC)cc2c1OCCN(Cc1ccc(F)cc1)C2. The standard InChI is InChI=1S/C25H26FNO4/c1-28-21-5-4-6-22(29-2)24(21)18-13-19-16-27(15-17-7-9-20(26)10-8-17)11-12-31-25(19)23(14-18)30-3/h4-10,13-14H,11-12,15-16H2,1-3H3. The molecule has 0 spiro atoms. The molecule has 0 radical (unpaired) electrons. The molecule has 0 aliphatic carbocycles. The van der Waals surface area contributed by atoms with Gasteiger partial charge >= 0.3 is 0 Å². The van der Waals surface area contributed by atoms with Crippen LogP contribution in [0.15, 0.2) is 54.6 Å². The third kappa shape index (κ3) is 4.44. The van der Waals surface area contributed by atoms with Crippen molar-refractivity contribution in [2.75, 3.05) is 34.5 Å². The lowest BCUT2D eigenvalue weighted by Gasteiger charge is -2.20. The van der Waals surface area contributed by atoms with Gasteiger partial charge in [0.05, 0.1) is 26.9 Å². The van der Waals surface area contributed by atoms with Crippen LogP contribution in [0.4, 0.5) is 4.39 Å². The van der Waals surface area contributed by atoms with Crippen LogP contribution in [-0.4, -0.2) is 39.4 Å². The Hall–Kier alpha value is -3.25. The lowest BCUT2D eigenvalue weighted by atomic mass is 9.99. The highest BCUT2D eigenvalue weighted by atomic mass is 19.1. The van der Waals surface area contributed by atoms with E-state index in [1.54, 1.807) is 21.3 Å². The van der Waals surface area contributed by atoms with Crippen molar-refractivity contribution in [3.63, 3.8) is 0 Å². The Balaban J connectivity index is 1.73. The zero-order valence-corrected chi connectivity index (χ0v) is 18.0. The van der Waals surface area contributed by atoms with Crippen LogP contribution in [-0.2, 0) is 13.1 Å². The van der Waals surface area contributed by atoms with Gasteiger partial charge in [-0.3, -0.25) is 4.90 Å². The second-order valence-electron chi connectivity index (χ2n) is 7.39. The number of methoxy groups -OCH3 is 3. The number of ether oxygens (including phenoxy) is 4. The molecule has 0 unspecified atom stereocenters. The van der Waals surface area contributed by atoms with Crippen molar-refractivity contribution in [1.29, 1.82) is 0 Å². The maximum Gasteiger partial charge on any atom is 0.165 e. The van der Waals surface area contributed by atoms with Crippen molar-refractivity contribution >= 4 is 0 Å². The number of hydrogen-bond donors (Lipinski definition) is 0. The van der Waals surface area contributed by atoms with Gasteiger partial charge in [0, 0.05) is 25.2 Å². The van der Waals surface area contributed by atoms with Crippen LogP contribution in [0.3, 0.4) is 0 Å². The summed E-state index contributed by atoms with van der Waals surface area (Å²) in [6.07, 6.45) is 0. The summed E-state index contributed by atoms with van der Waals surface area (Å²) in [5.41, 5.74) is 3.86. The fourth-order valence-corrected chi connectivity index (χ4v) is 3.95. The number of fused-ring (bicyclic) bond motifs is 1. The van der Waals surface area contributed by atoms with Crippen LogP contribution in [0, 0.1) is 5.82 Å². The Kier molecular flexibility index (Phi) is 6.28. The number of nitrogens with zero attached hydrogens (tertiary/aromatic N) is 1. The molecule has 3 aromatic rings. The average molecular weight is 423 g/mol. The number of hydrogen-bond acceptors (Lipinski definition) is 5. The first-order valence-corrected chi connectivity index (χ1v) is 10.1. The molecule has 0 aromatic heterocycles. The molecule has 162 valence electrons. The van der Waals surface area contributed by atoms with E-state index in [2.05, 4.69) is 11.0 Å². The molecule has 31 heavy (non-hydrogen) atoms. The molecule has 0 amide bonds. The van der Waals surface area contributed by atoms with Crippen molar-refractivity contribution in [1.82, 2.24) is 4.90 Å². The molecule has 3 aromatic carbocycles. The van der Waals surface area contributed by atoms with Crippen LogP contribution in [0.5, 0.6) is 23.0 Å². The summed E-state index contributed by atoms with van der Waals surface area (Å²) in [4.78, 5) is 2.28. The minimum atomic E-state index is -0.228. The van der Waals surface area contributed by atoms with Gasteiger partial charge in [-0.1, -0.05) is 18.2 Å². The van der Waals surface area contributed by atoms with Crippen molar-refractivity contribution in [2.24, 2.45) is 0 Å². The molecule has 1 aliphatic rings. The van der Waals surface area contributed by atoms with Crippen LogP contribution in [0.25, 0.3) is 11.1 Å². The van der Waals surface area contributed by atoms with Crippen LogP contribution in [0.2, 0.25) is 0 Å². The summed E-state index contributed by atoms with van der Waals surface area (Å²) in [5.74, 6) is 2.64. The Bertz CT molecular complexity index is 1030. The van der Waals surface area contributed by atoms with Crippen LogP contribution >= 0.6 is 0 Å². The first kappa shape index (κ1) is 21.0. The Morgan fingerprint density at radius 2 is 1.58 bits per heavy atom. The van der Waals surface area contributed by atoms with Crippen molar-refractivity contribution in [3.8, 4) is 34.1 Å². The third-order valence-corrected chi connectivity index (χ3v) is 5.44. The van der Waals surface area contributed by atoms with E-state index >= 15 is 0 Å². The van der Waals surface area contributed by atoms with Crippen molar-refractivity contribution in [3.05, 3.63) is 71.5 Å². The van der Waals surface area contributed by atoms with E-state index < -0.39 is 0 Å². The van der Waals surface area contributed by atoms with Crippen molar-refractivity contribution in [2.45, 2.75) is 13.1 Å². The number of benzene rings is 3. The third-order valence-electron chi connectivity index (χ3n) is 5.44. The Morgan fingerprint density at radius 1 is 0.903 bits per heavy atom. The smallest absolute Gasteiger partial charge is 0.165 e. The van der Waals surface area contributed by atoms with E-state index in [0.717, 1.165) is 46.0 Å². The molecule has 6 heteroatoms. The summed E-state index contributed by atoms with van der Waals surface area (Å²) in [6.45, 7) is 2.67. The van der Waals surface area contributed by atoms with E-state index in [1.165, 1.54) is 12.1 Å². The van der Waals surface area contributed by atoms with E-state index in [9.17, 15) is 4.39 Å². The van der Waals surface area contributed by atoms with Crippen LogP contribution < -0.4 is 18.9 Å². The summed E-state index contributed by atoms with van der Waals surface area (Å²) in [6, 6.07) is 16.4. The topological polar surface area (TPSA) is 40.2 Å². The highest BCUT2D eigenvalue weighted by molar-refractivity contribution is 5.79. The van der Waals surface area contributed by atoms with Gasteiger partial charge in [0.1, 0.15) is 23.9 Å². The maximum absolute atomic E-state index is 13.3. The minimum absolute atomic E-state index is 0.228. The highest BCUT2D eigenvalue weighted by Crippen LogP contribution is 2.44. The summed E-state index contributed by atoms with van der Waals surface area (Å²) >= 11 is 0. The van der Waals surface area contributed by atoms with Crippen LogP contribution in [0.1, 0.15) is 11.1 Å². The zero-order chi connectivity index (χ0) is 21.8. The monoisotopic (exact) mass is 423 g/mol. The van der Waals surface area contributed by atoms with Gasteiger partial charge in [-0.25, -0.2) is 4.39 Å². The van der Waals surface area contributed by atoms with Gasteiger partial charge in [-0.05, 0) is 47.5 Å². The Labute approximate surface area is 181 Å². The van der Waals surface area contributed by atoms with Gasteiger partial charge in [-0.15, -0.1) is 0 Å². The van der Waals surface area contributed by atoms with E-state index in [0.29, 0.717) is 25.4 Å². The second kappa shape index (κ2) is 9.27. The number of rotatable bonds is 6. The summed E-state index contributed by atoms with van der Waals surface area (Å²) in [5, 5.41) is 0. The van der Waals surface area contributed by atoms with E-state index in [1.807, 2.05) is 36.4 Å². The predicted molar refractivity (Wildman–Crippen MR) is 118 cm³/mol. The fourth-order valence-electron chi connectivity index (χ4n) is 3.95. The maximum atomic E-state index is 13.3. The van der Waals surface area contributed by atoms with Gasteiger partial charge in [0.15, 0.2) is 11.5 Å². The van der Waals surface area contributed by atoms with Gasteiger partial charge < -0.3 is 18.9 Å². The molecule has 5 nitrogen and oxygen atoms in total. The zero-order valence-electron chi connectivity index (χ0n) is 18.0. The average Bonchev–Trinajstić information content (AvgIpc) is 3.00. The molecule has 0 saturated heterocycles. The quantitative estimate of drug-likeness (QED) is 0.563. The first-order valence-electron chi connectivity index (χ1n) is 10.1. The van der Waals surface area contributed by atoms with Crippen molar-refractivity contribution < 1.29 is 23.3 Å². The molecule has 0 saturated carbocycles. The van der Waals surface area contributed by atoms with Gasteiger partial charge in [0.25, 0.3) is 0 Å². The Morgan fingerprint density at radius 3 is 2.23 bits per heavy atom. The molecular weight excluding hydrogens is 397 g/mol. The largest absolute Gasteiger partial charge is 0.496 e. The van der Waals surface area contributed by atoms with Gasteiger partial charge in [-0.2, -0.15) is 0 Å². The molecule has 1 heterocycles. The molecule has 0 N–H and O–H groups in total. The summed E-state index contributed by atoms with van der Waals surface area (Å²) < 4.78 is 36.2. The fraction of sp³-hybridized carbons (Fsp3) is 0.280. The molecule has 0 atom stereocenters. The van der Waals surface area contributed by atoms with E-state index in [-0.39, 0.29) is 5.82 Å². The molecule has 0 bridgehead atoms. The molecular formula is C25H26FNO4. The normalized spacial score (nSPS) is 13.7. The molecule has 4 rings (SSSR count). The predicted octanol–water partition coefficient (Wildman–Crippen LogP) is 4.91. The molecule has 0 fully saturated rings.